The summed E-state index contributed by atoms with van der Waals surface area (Å²) in [6.07, 6.45) is 2.58. The minimum absolute atomic E-state index is 0.190. The highest BCUT2D eigenvalue weighted by atomic mass is 32.2. The summed E-state index contributed by atoms with van der Waals surface area (Å²) in [5, 5.41) is 7.88. The van der Waals surface area contributed by atoms with Crippen LogP contribution in [0.1, 0.15) is 18.9 Å². The van der Waals surface area contributed by atoms with E-state index in [9.17, 15) is 4.79 Å². The number of rotatable bonds is 5. The van der Waals surface area contributed by atoms with Gasteiger partial charge in [-0.25, -0.2) is 14.9 Å². The Balaban J connectivity index is 2.31. The molecule has 0 saturated carbocycles. The normalized spacial score (nSPS) is 10.8. The highest BCUT2D eigenvalue weighted by Gasteiger charge is 2.12. The fraction of sp³-hybridized carbons (Fsp3) is 0.364. The lowest BCUT2D eigenvalue weighted by Crippen LogP contribution is -2.17. The maximum absolute atomic E-state index is 11.6. The Morgan fingerprint density at radius 3 is 3.11 bits per heavy atom. The van der Waals surface area contributed by atoms with Gasteiger partial charge in [-0.3, -0.25) is 4.57 Å². The van der Waals surface area contributed by atoms with Gasteiger partial charge in [-0.05, 0) is 29.8 Å². The van der Waals surface area contributed by atoms with E-state index in [1.54, 1.807) is 10.8 Å². The molecule has 3 N–H and O–H groups in total. The molecule has 18 heavy (non-hydrogen) atoms. The third-order valence-corrected chi connectivity index (χ3v) is 3.48. The molecule has 0 aliphatic heterocycles. The van der Waals surface area contributed by atoms with Crippen LogP contribution in [0.3, 0.4) is 0 Å². The smallest absolute Gasteiger partial charge is 0.326 e. The number of hydrogen-bond acceptors (Lipinski definition) is 5. The zero-order valence-corrected chi connectivity index (χ0v) is 10.9. The largest absolute Gasteiger partial charge is 0.343 e. The quantitative estimate of drug-likeness (QED) is 0.841. The summed E-state index contributed by atoms with van der Waals surface area (Å²) >= 11 is 1.36. The molecular formula is C11H15N5OS. The van der Waals surface area contributed by atoms with Crippen LogP contribution >= 0.6 is 11.8 Å². The second-order valence-electron chi connectivity index (χ2n) is 3.74. The van der Waals surface area contributed by atoms with E-state index in [-0.39, 0.29) is 5.69 Å². The minimum Gasteiger partial charge on any atom is -0.326 e. The number of aromatic nitrogens is 4. The van der Waals surface area contributed by atoms with Crippen molar-refractivity contribution >= 4 is 11.8 Å². The number of nitrogens with zero attached hydrogens (tertiary/aromatic N) is 3. The summed E-state index contributed by atoms with van der Waals surface area (Å²) in [5.41, 5.74) is 6.41. The first-order valence-electron chi connectivity index (χ1n) is 5.73. The predicted octanol–water partition coefficient (Wildman–Crippen LogP) is 0.986. The van der Waals surface area contributed by atoms with E-state index in [0.29, 0.717) is 18.2 Å². The van der Waals surface area contributed by atoms with Crippen LogP contribution in [0, 0.1) is 0 Å². The van der Waals surface area contributed by atoms with Crippen molar-refractivity contribution in [3.8, 4) is 0 Å². The van der Waals surface area contributed by atoms with Gasteiger partial charge in [-0.2, -0.15) is 0 Å². The zero-order chi connectivity index (χ0) is 13.0. The average Bonchev–Trinajstić information content (AvgIpc) is 2.73. The van der Waals surface area contributed by atoms with E-state index in [1.807, 2.05) is 19.1 Å². The summed E-state index contributed by atoms with van der Waals surface area (Å²) in [6.45, 7) is 3.07. The van der Waals surface area contributed by atoms with Crippen LogP contribution in [0.4, 0.5) is 0 Å². The van der Waals surface area contributed by atoms with Crippen LogP contribution in [-0.2, 0) is 13.1 Å². The third kappa shape index (κ3) is 2.62. The van der Waals surface area contributed by atoms with Gasteiger partial charge in [0.25, 0.3) is 0 Å². The second-order valence-corrected chi connectivity index (χ2v) is 4.69. The first kappa shape index (κ1) is 12.8. The average molecular weight is 265 g/mol. The van der Waals surface area contributed by atoms with E-state index < -0.39 is 0 Å². The Bertz CT molecular complexity index is 577. The van der Waals surface area contributed by atoms with Crippen molar-refractivity contribution in [3.63, 3.8) is 0 Å². The second kappa shape index (κ2) is 5.83. The Hall–Kier alpha value is -1.60. The molecule has 0 unspecified atom stereocenters. The lowest BCUT2D eigenvalue weighted by atomic mass is 10.3. The van der Waals surface area contributed by atoms with Crippen molar-refractivity contribution in [1.82, 2.24) is 19.7 Å². The molecule has 7 heteroatoms. The number of aromatic amines is 1. The molecule has 0 amide bonds. The number of H-pyrrole nitrogens is 1. The van der Waals surface area contributed by atoms with E-state index in [2.05, 4.69) is 15.2 Å². The highest BCUT2D eigenvalue weighted by Crippen LogP contribution is 2.25. The van der Waals surface area contributed by atoms with Crippen molar-refractivity contribution in [2.24, 2.45) is 5.73 Å². The molecule has 0 spiro atoms. The topological polar surface area (TPSA) is 89.6 Å². The van der Waals surface area contributed by atoms with Gasteiger partial charge in [0.2, 0.25) is 0 Å². The molecule has 6 nitrogen and oxygen atoms in total. The fourth-order valence-electron chi connectivity index (χ4n) is 1.56. The fourth-order valence-corrected chi connectivity index (χ4v) is 2.50. The lowest BCUT2D eigenvalue weighted by Gasteiger charge is -2.06. The van der Waals surface area contributed by atoms with Crippen molar-refractivity contribution in [1.29, 1.82) is 0 Å². The summed E-state index contributed by atoms with van der Waals surface area (Å²) in [6, 6.07) is 3.76. The molecule has 0 atom stereocenters. The molecule has 96 valence electrons. The Morgan fingerprint density at radius 2 is 2.39 bits per heavy atom. The van der Waals surface area contributed by atoms with Gasteiger partial charge >= 0.3 is 5.69 Å². The minimum atomic E-state index is -0.190. The molecule has 0 aromatic carbocycles. The number of nitrogens with one attached hydrogen (secondary N) is 1. The van der Waals surface area contributed by atoms with Gasteiger partial charge in [-0.1, -0.05) is 13.0 Å². The maximum Gasteiger partial charge on any atom is 0.343 e. The van der Waals surface area contributed by atoms with Crippen LogP contribution in [0.15, 0.2) is 33.3 Å². The summed E-state index contributed by atoms with van der Waals surface area (Å²) in [5.74, 6) is 0. The van der Waals surface area contributed by atoms with Gasteiger partial charge in [0, 0.05) is 19.3 Å². The van der Waals surface area contributed by atoms with Crippen LogP contribution in [0.5, 0.6) is 0 Å². The third-order valence-electron chi connectivity index (χ3n) is 2.43. The molecule has 0 fully saturated rings. The van der Waals surface area contributed by atoms with E-state index in [0.717, 1.165) is 17.0 Å². The Morgan fingerprint density at radius 1 is 1.56 bits per heavy atom. The van der Waals surface area contributed by atoms with Crippen molar-refractivity contribution in [3.05, 3.63) is 34.4 Å². The number of nitrogens with two attached hydrogens (primary N) is 1. The zero-order valence-electron chi connectivity index (χ0n) is 10.1. The lowest BCUT2D eigenvalue weighted by molar-refractivity contribution is 0.603. The molecule has 2 heterocycles. The summed E-state index contributed by atoms with van der Waals surface area (Å²) in [7, 11) is 0. The molecule has 0 saturated heterocycles. The molecule has 2 aromatic heterocycles. The molecule has 0 bridgehead atoms. The molecule has 2 rings (SSSR count). The maximum atomic E-state index is 11.6. The summed E-state index contributed by atoms with van der Waals surface area (Å²) < 4.78 is 1.61. The SMILES string of the molecule is CCCn1c(Sc2ncccc2CN)n[nH]c1=O. The van der Waals surface area contributed by atoms with Crippen LogP contribution in [-0.4, -0.2) is 19.7 Å². The van der Waals surface area contributed by atoms with Gasteiger partial charge in [0.15, 0.2) is 5.16 Å². The van der Waals surface area contributed by atoms with Gasteiger partial charge in [0.05, 0.1) is 0 Å². The first-order chi connectivity index (χ1) is 8.76. The van der Waals surface area contributed by atoms with Crippen LogP contribution in [0.25, 0.3) is 0 Å². The van der Waals surface area contributed by atoms with E-state index in [1.165, 1.54) is 11.8 Å². The van der Waals surface area contributed by atoms with Gasteiger partial charge in [0.1, 0.15) is 5.03 Å². The van der Waals surface area contributed by atoms with Crippen molar-refractivity contribution in [2.45, 2.75) is 36.6 Å². The Kier molecular flexibility index (Phi) is 4.16. The van der Waals surface area contributed by atoms with E-state index >= 15 is 0 Å². The first-order valence-corrected chi connectivity index (χ1v) is 6.55. The van der Waals surface area contributed by atoms with Crippen LogP contribution in [0.2, 0.25) is 0 Å². The number of pyridine rings is 1. The highest BCUT2D eigenvalue weighted by molar-refractivity contribution is 7.99. The van der Waals surface area contributed by atoms with Crippen LogP contribution < -0.4 is 11.4 Å². The summed E-state index contributed by atoms with van der Waals surface area (Å²) in [4.78, 5) is 15.8. The Labute approximate surface area is 109 Å². The molecule has 0 aliphatic rings. The predicted molar refractivity (Wildman–Crippen MR) is 69.4 cm³/mol. The standard InChI is InChI=1S/C11H15N5OS/c1-2-6-16-10(17)14-15-11(16)18-9-8(7-12)4-3-5-13-9/h3-5H,2,6-7,12H2,1H3,(H,14,17). The van der Waals surface area contributed by atoms with Gasteiger partial charge in [-0.15, -0.1) is 5.10 Å². The molecule has 0 radical (unpaired) electrons. The monoisotopic (exact) mass is 265 g/mol. The molecule has 0 aliphatic carbocycles. The van der Waals surface area contributed by atoms with Crippen molar-refractivity contribution in [2.75, 3.05) is 0 Å². The van der Waals surface area contributed by atoms with Crippen molar-refractivity contribution < 1.29 is 0 Å². The molecular weight excluding hydrogens is 250 g/mol. The van der Waals surface area contributed by atoms with Gasteiger partial charge < -0.3 is 5.73 Å². The molecule has 2 aromatic rings. The van der Waals surface area contributed by atoms with E-state index in [4.69, 9.17) is 5.73 Å². The number of hydrogen-bond donors (Lipinski definition) is 2.